The van der Waals surface area contributed by atoms with Crippen LogP contribution < -0.4 is 4.74 Å². The van der Waals surface area contributed by atoms with Crippen LogP contribution in [0.4, 0.5) is 9.18 Å². The third-order valence-electron chi connectivity index (χ3n) is 6.56. The van der Waals surface area contributed by atoms with E-state index >= 15 is 0 Å². The lowest BCUT2D eigenvalue weighted by atomic mass is 9.99. The second-order valence-corrected chi connectivity index (χ2v) is 9.38. The molecule has 2 aliphatic rings. The number of aliphatic hydroxyl groups is 3. The Morgan fingerprint density at radius 1 is 1.17 bits per heavy atom. The van der Waals surface area contributed by atoms with Gasteiger partial charge in [-0.25, -0.2) is 9.18 Å². The van der Waals surface area contributed by atoms with E-state index in [1.165, 1.54) is 6.07 Å². The summed E-state index contributed by atoms with van der Waals surface area (Å²) in [5, 5.41) is 35.8. The smallest absolute Gasteiger partial charge is 0.443 e. The van der Waals surface area contributed by atoms with Gasteiger partial charge in [0.15, 0.2) is 0 Å². The van der Waals surface area contributed by atoms with Crippen molar-refractivity contribution < 1.29 is 43.5 Å². The number of halogens is 1. The fraction of sp³-hybridized carbons (Fsp3) is 0.600. The number of aromatic nitrogens is 2. The fourth-order valence-electron chi connectivity index (χ4n) is 4.10. The van der Waals surface area contributed by atoms with Crippen LogP contribution in [0.2, 0.25) is 0 Å². The van der Waals surface area contributed by atoms with Crippen LogP contribution in [0.5, 0.6) is 5.88 Å². The molecule has 0 spiro atoms. The molecule has 1 aromatic heterocycles. The van der Waals surface area contributed by atoms with E-state index in [2.05, 4.69) is 5.10 Å². The van der Waals surface area contributed by atoms with Crippen molar-refractivity contribution in [3.8, 4) is 5.88 Å². The first-order valence-corrected chi connectivity index (χ1v) is 12.1. The molecule has 11 heteroatoms. The average molecular weight is 509 g/mol. The molecule has 2 heterocycles. The summed E-state index contributed by atoms with van der Waals surface area (Å²) in [5.74, 6) is 0.386. The summed E-state index contributed by atoms with van der Waals surface area (Å²) in [7, 11) is 0. The Balaban J connectivity index is 1.56. The number of ether oxygens (including phenoxy) is 4. The monoisotopic (exact) mass is 508 g/mol. The first kappa shape index (κ1) is 26.3. The van der Waals surface area contributed by atoms with Gasteiger partial charge < -0.3 is 34.3 Å². The molecule has 1 aliphatic heterocycles. The lowest BCUT2D eigenvalue weighted by Crippen LogP contribution is -2.60. The summed E-state index contributed by atoms with van der Waals surface area (Å²) in [4.78, 5) is 11.5. The number of carbonyl (C=O) groups excluding carboxylic acids is 1. The summed E-state index contributed by atoms with van der Waals surface area (Å²) in [6, 6.07) is 5.00. The van der Waals surface area contributed by atoms with Crippen LogP contribution in [-0.4, -0.2) is 75.2 Å². The van der Waals surface area contributed by atoms with E-state index in [1.807, 2.05) is 17.7 Å². The molecule has 1 saturated carbocycles. The van der Waals surface area contributed by atoms with Gasteiger partial charge in [0.1, 0.15) is 36.8 Å². The zero-order chi connectivity index (χ0) is 26.0. The summed E-state index contributed by atoms with van der Waals surface area (Å²) in [6.45, 7) is 5.59. The molecule has 1 saturated heterocycles. The molecule has 2 fully saturated rings. The minimum absolute atomic E-state index is 0.108. The number of hydrogen-bond acceptors (Lipinski definition) is 9. The second-order valence-electron chi connectivity index (χ2n) is 9.38. The van der Waals surface area contributed by atoms with Gasteiger partial charge >= 0.3 is 6.16 Å². The fourth-order valence-corrected chi connectivity index (χ4v) is 4.10. The van der Waals surface area contributed by atoms with Crippen molar-refractivity contribution in [3.05, 3.63) is 46.4 Å². The van der Waals surface area contributed by atoms with Crippen molar-refractivity contribution in [1.29, 1.82) is 0 Å². The van der Waals surface area contributed by atoms with E-state index in [4.69, 9.17) is 18.9 Å². The molecule has 0 unspecified atom stereocenters. The minimum atomic E-state index is -1.62. The van der Waals surface area contributed by atoms with Crippen molar-refractivity contribution in [2.45, 2.75) is 77.3 Å². The molecule has 1 aromatic carbocycles. The maximum Gasteiger partial charge on any atom is 0.508 e. The molecule has 3 N–H and O–H groups in total. The number of hydrogen-bond donors (Lipinski definition) is 3. The number of rotatable bonds is 9. The molecule has 0 bridgehead atoms. The highest BCUT2D eigenvalue weighted by Crippen LogP contribution is 2.34. The first-order chi connectivity index (χ1) is 17.2. The molecular weight excluding hydrogens is 475 g/mol. The zero-order valence-electron chi connectivity index (χ0n) is 20.6. The average Bonchev–Trinajstić information content (AvgIpc) is 3.62. The largest absolute Gasteiger partial charge is 0.508 e. The van der Waals surface area contributed by atoms with Crippen molar-refractivity contribution in [2.75, 3.05) is 13.2 Å². The van der Waals surface area contributed by atoms with Crippen LogP contribution in [0, 0.1) is 25.6 Å². The van der Waals surface area contributed by atoms with E-state index in [1.54, 1.807) is 19.9 Å². The van der Waals surface area contributed by atoms with Crippen molar-refractivity contribution in [1.82, 2.24) is 9.78 Å². The number of carbonyl (C=O) groups is 1. The Morgan fingerprint density at radius 3 is 2.58 bits per heavy atom. The Morgan fingerprint density at radius 2 is 1.92 bits per heavy atom. The number of benzene rings is 1. The van der Waals surface area contributed by atoms with Gasteiger partial charge in [-0.3, -0.25) is 4.68 Å². The topological polar surface area (TPSA) is 132 Å². The molecule has 198 valence electrons. The lowest BCUT2D eigenvalue weighted by Gasteiger charge is -2.39. The second kappa shape index (κ2) is 11.1. The van der Waals surface area contributed by atoms with E-state index < -0.39 is 43.5 Å². The molecule has 36 heavy (non-hydrogen) atoms. The highest BCUT2D eigenvalue weighted by molar-refractivity contribution is 5.59. The van der Waals surface area contributed by atoms with Gasteiger partial charge in [0.25, 0.3) is 0 Å². The molecule has 0 amide bonds. The van der Waals surface area contributed by atoms with E-state index in [9.17, 15) is 24.5 Å². The third-order valence-corrected chi connectivity index (χ3v) is 6.56. The number of aryl methyl sites for hydroxylation is 1. The van der Waals surface area contributed by atoms with Gasteiger partial charge in [-0.15, -0.1) is 5.10 Å². The predicted molar refractivity (Wildman–Crippen MR) is 124 cm³/mol. The van der Waals surface area contributed by atoms with Gasteiger partial charge in [-0.2, -0.15) is 0 Å². The van der Waals surface area contributed by atoms with Gasteiger partial charge in [0, 0.05) is 24.2 Å². The van der Waals surface area contributed by atoms with Gasteiger partial charge in [0.2, 0.25) is 12.2 Å². The third kappa shape index (κ3) is 5.97. The van der Waals surface area contributed by atoms with Crippen molar-refractivity contribution >= 4 is 6.16 Å². The first-order valence-electron chi connectivity index (χ1n) is 12.1. The SMILES string of the molecule is CCOC(=O)OC[C@H]1O[C@@H](Oc2nn(CC3CC3)c(C)c2Cc2ccc(C)c(F)c2)[C@H](O)[C@@H](O)[C@@H]1O. The Bertz CT molecular complexity index is 1070. The van der Waals surface area contributed by atoms with Crippen LogP contribution >= 0.6 is 0 Å². The molecule has 10 nitrogen and oxygen atoms in total. The van der Waals surface area contributed by atoms with Crippen LogP contribution in [-0.2, 0) is 27.2 Å². The summed E-state index contributed by atoms with van der Waals surface area (Å²) < 4.78 is 37.3. The van der Waals surface area contributed by atoms with Crippen LogP contribution in [0.25, 0.3) is 0 Å². The minimum Gasteiger partial charge on any atom is -0.443 e. The van der Waals surface area contributed by atoms with Gasteiger partial charge in [-0.1, -0.05) is 12.1 Å². The Hall–Kier alpha value is -2.73. The van der Waals surface area contributed by atoms with E-state index in [0.717, 1.165) is 24.1 Å². The maximum atomic E-state index is 14.2. The zero-order valence-corrected chi connectivity index (χ0v) is 20.6. The molecule has 4 rings (SSSR count). The van der Waals surface area contributed by atoms with E-state index in [-0.39, 0.29) is 18.3 Å². The van der Waals surface area contributed by atoms with E-state index in [0.29, 0.717) is 30.0 Å². The Labute approximate surface area is 208 Å². The highest BCUT2D eigenvalue weighted by Gasteiger charge is 2.46. The molecule has 1 aliphatic carbocycles. The molecule has 0 radical (unpaired) electrons. The predicted octanol–water partition coefficient (Wildman–Crippen LogP) is 2.00. The Kier molecular flexibility index (Phi) is 8.13. The molecular formula is C25H33FN2O8. The standard InChI is InChI=1S/C25H33FN2O8/c1-4-33-25(32)34-12-19-20(29)21(30)22(31)24(35-19)36-23-17(9-16-6-5-13(2)18(26)10-16)14(3)28(27-23)11-15-7-8-15/h5-6,10,15,19-22,24,29-31H,4,7-9,11-12H2,1-3H3/t19-,20-,21+,22-,24+/m1/s1. The lowest BCUT2D eigenvalue weighted by molar-refractivity contribution is -0.278. The summed E-state index contributed by atoms with van der Waals surface area (Å²) in [6.07, 6.45) is -5.73. The van der Waals surface area contributed by atoms with Gasteiger partial charge in [0.05, 0.1) is 6.61 Å². The summed E-state index contributed by atoms with van der Waals surface area (Å²) in [5.41, 5.74) is 2.79. The van der Waals surface area contributed by atoms with Gasteiger partial charge in [-0.05, 0) is 56.7 Å². The highest BCUT2D eigenvalue weighted by atomic mass is 19.1. The molecule has 2 aromatic rings. The normalized spacial score (nSPS) is 26.0. The van der Waals surface area contributed by atoms with Crippen LogP contribution in [0.3, 0.4) is 0 Å². The molecule has 5 atom stereocenters. The van der Waals surface area contributed by atoms with Crippen molar-refractivity contribution in [2.24, 2.45) is 5.92 Å². The maximum absolute atomic E-state index is 14.2. The number of aliphatic hydroxyl groups excluding tert-OH is 3. The quantitative estimate of drug-likeness (QED) is 0.435. The van der Waals surface area contributed by atoms with Crippen LogP contribution in [0.15, 0.2) is 18.2 Å². The summed E-state index contributed by atoms with van der Waals surface area (Å²) >= 11 is 0. The number of nitrogens with zero attached hydrogens (tertiary/aromatic N) is 2. The van der Waals surface area contributed by atoms with Crippen LogP contribution in [0.1, 0.15) is 42.1 Å². The van der Waals surface area contributed by atoms with Crippen molar-refractivity contribution in [3.63, 3.8) is 0 Å².